The van der Waals surface area contributed by atoms with Crippen molar-refractivity contribution in [3.05, 3.63) is 60.5 Å². The summed E-state index contributed by atoms with van der Waals surface area (Å²) in [5, 5.41) is 15.0. The Morgan fingerprint density at radius 2 is 1.75 bits per heavy atom. The molecule has 1 saturated heterocycles. The zero-order valence-electron chi connectivity index (χ0n) is 20.9. The summed E-state index contributed by atoms with van der Waals surface area (Å²) in [6.45, 7) is 8.10. The van der Waals surface area contributed by atoms with E-state index in [4.69, 9.17) is 14.8 Å². The maximum Gasteiger partial charge on any atom is 0.213 e. The normalized spacial score (nSPS) is 15.0. The maximum absolute atomic E-state index is 13.6. The van der Waals surface area contributed by atoms with Gasteiger partial charge in [0.2, 0.25) is 5.88 Å². The van der Waals surface area contributed by atoms with Crippen LogP contribution in [0.5, 0.6) is 5.88 Å². The van der Waals surface area contributed by atoms with Crippen molar-refractivity contribution in [3.63, 3.8) is 0 Å². The Kier molecular flexibility index (Phi) is 6.59. The number of aliphatic hydroxyl groups is 1. The lowest BCUT2D eigenvalue weighted by molar-refractivity contribution is 0.0568. The SMILES string of the molecule is COc1cc(-c2c(-c3ccc(F)cc3)nc3ccc(N4CCN(CCC(C)(C)O)CC4)nn23)ccn1. The van der Waals surface area contributed by atoms with Gasteiger partial charge in [-0.1, -0.05) is 0 Å². The first-order valence-electron chi connectivity index (χ1n) is 12.2. The number of anilines is 1. The predicted octanol–water partition coefficient (Wildman–Crippen LogP) is 3.89. The molecule has 9 heteroatoms. The van der Waals surface area contributed by atoms with Crippen LogP contribution in [0.25, 0.3) is 28.2 Å². The van der Waals surface area contributed by atoms with Crippen LogP contribution >= 0.6 is 0 Å². The summed E-state index contributed by atoms with van der Waals surface area (Å²) in [5.74, 6) is 1.07. The highest BCUT2D eigenvalue weighted by Crippen LogP contribution is 2.34. The van der Waals surface area contributed by atoms with Gasteiger partial charge in [-0.15, -0.1) is 5.10 Å². The lowest BCUT2D eigenvalue weighted by atomic mass is 10.1. The van der Waals surface area contributed by atoms with Gasteiger partial charge >= 0.3 is 0 Å². The van der Waals surface area contributed by atoms with Crippen LogP contribution in [-0.4, -0.2) is 75.0 Å². The number of hydrogen-bond donors (Lipinski definition) is 1. The van der Waals surface area contributed by atoms with Gasteiger partial charge in [0.25, 0.3) is 0 Å². The molecule has 1 aliphatic rings. The van der Waals surface area contributed by atoms with E-state index in [1.807, 2.05) is 42.6 Å². The largest absolute Gasteiger partial charge is 0.481 e. The van der Waals surface area contributed by atoms with E-state index in [0.717, 1.165) is 61.8 Å². The second-order valence-electron chi connectivity index (χ2n) is 9.76. The van der Waals surface area contributed by atoms with Crippen molar-refractivity contribution < 1.29 is 14.2 Å². The quantitative estimate of drug-likeness (QED) is 0.421. The predicted molar refractivity (Wildman–Crippen MR) is 138 cm³/mol. The Morgan fingerprint density at radius 1 is 1.00 bits per heavy atom. The molecule has 0 unspecified atom stereocenters. The van der Waals surface area contributed by atoms with Gasteiger partial charge in [0.1, 0.15) is 17.3 Å². The molecule has 4 heterocycles. The van der Waals surface area contributed by atoms with E-state index >= 15 is 0 Å². The number of imidazole rings is 1. The molecule has 0 aliphatic carbocycles. The minimum atomic E-state index is -0.653. The molecule has 0 bridgehead atoms. The van der Waals surface area contributed by atoms with Gasteiger partial charge in [0.05, 0.1) is 18.4 Å². The lowest BCUT2D eigenvalue weighted by Gasteiger charge is -2.36. The van der Waals surface area contributed by atoms with Crippen molar-refractivity contribution in [3.8, 4) is 28.4 Å². The Hall–Kier alpha value is -3.56. The van der Waals surface area contributed by atoms with E-state index in [1.54, 1.807) is 25.4 Å². The van der Waals surface area contributed by atoms with Crippen molar-refractivity contribution in [2.45, 2.75) is 25.9 Å². The number of aromatic nitrogens is 4. The van der Waals surface area contributed by atoms with Crippen LogP contribution in [0.2, 0.25) is 0 Å². The van der Waals surface area contributed by atoms with Crippen LogP contribution in [0, 0.1) is 5.82 Å². The van der Waals surface area contributed by atoms with E-state index in [0.29, 0.717) is 17.2 Å². The van der Waals surface area contributed by atoms with Crippen molar-refractivity contribution in [1.29, 1.82) is 0 Å². The standard InChI is InChI=1S/C27H31FN6O2/c1-27(2,35)11-13-32-14-16-33(17-15-32)23-9-8-22-30-25(19-4-6-21(28)7-5-19)26(34(22)31-23)20-10-12-29-24(18-20)36-3/h4-10,12,18,35H,11,13-17H2,1-3H3. The Morgan fingerprint density at radius 3 is 2.44 bits per heavy atom. The molecule has 1 aliphatic heterocycles. The zero-order chi connectivity index (χ0) is 25.3. The molecule has 0 saturated carbocycles. The fourth-order valence-corrected chi connectivity index (χ4v) is 4.46. The third-order valence-corrected chi connectivity index (χ3v) is 6.53. The highest BCUT2D eigenvalue weighted by Gasteiger charge is 2.23. The van der Waals surface area contributed by atoms with E-state index in [9.17, 15) is 9.50 Å². The average molecular weight is 491 g/mol. The molecule has 5 rings (SSSR count). The highest BCUT2D eigenvalue weighted by atomic mass is 19.1. The number of methoxy groups -OCH3 is 1. The van der Waals surface area contributed by atoms with Crippen LogP contribution in [0.15, 0.2) is 54.7 Å². The lowest BCUT2D eigenvalue weighted by Crippen LogP contribution is -2.47. The third-order valence-electron chi connectivity index (χ3n) is 6.53. The highest BCUT2D eigenvalue weighted by molar-refractivity contribution is 5.82. The molecule has 0 amide bonds. The number of hydrogen-bond acceptors (Lipinski definition) is 7. The summed E-state index contributed by atoms with van der Waals surface area (Å²) < 4.78 is 20.8. The second kappa shape index (κ2) is 9.83. The van der Waals surface area contributed by atoms with Crippen molar-refractivity contribution in [1.82, 2.24) is 24.5 Å². The number of pyridine rings is 1. The number of benzene rings is 1. The number of ether oxygens (including phenoxy) is 1. The Bertz CT molecular complexity index is 1340. The molecule has 0 spiro atoms. The molecule has 188 valence electrons. The van der Waals surface area contributed by atoms with Crippen LogP contribution in [0.3, 0.4) is 0 Å². The van der Waals surface area contributed by atoms with Crippen LogP contribution < -0.4 is 9.64 Å². The van der Waals surface area contributed by atoms with Gasteiger partial charge in [-0.25, -0.2) is 18.9 Å². The Balaban J connectivity index is 1.50. The van der Waals surface area contributed by atoms with Crippen molar-refractivity contribution in [2.24, 2.45) is 0 Å². The van der Waals surface area contributed by atoms with Gasteiger partial charge in [0, 0.05) is 56.1 Å². The van der Waals surface area contributed by atoms with E-state index < -0.39 is 5.60 Å². The molecule has 1 aromatic carbocycles. The van der Waals surface area contributed by atoms with Gasteiger partial charge < -0.3 is 14.7 Å². The van der Waals surface area contributed by atoms with Crippen LogP contribution in [-0.2, 0) is 0 Å². The third kappa shape index (κ3) is 5.17. The molecule has 1 N–H and O–H groups in total. The molecular weight excluding hydrogens is 459 g/mol. The smallest absolute Gasteiger partial charge is 0.213 e. The summed E-state index contributed by atoms with van der Waals surface area (Å²) in [6.07, 6.45) is 2.44. The molecule has 8 nitrogen and oxygen atoms in total. The second-order valence-corrected chi connectivity index (χ2v) is 9.76. The summed E-state index contributed by atoms with van der Waals surface area (Å²) in [7, 11) is 1.58. The van der Waals surface area contributed by atoms with Gasteiger partial charge in [-0.2, -0.15) is 0 Å². The molecule has 1 fully saturated rings. The molecule has 3 aromatic heterocycles. The molecule has 36 heavy (non-hydrogen) atoms. The summed E-state index contributed by atoms with van der Waals surface area (Å²) in [5.41, 5.74) is 3.21. The van der Waals surface area contributed by atoms with Crippen molar-refractivity contribution in [2.75, 3.05) is 44.7 Å². The monoisotopic (exact) mass is 490 g/mol. The first-order chi connectivity index (χ1) is 17.3. The first kappa shape index (κ1) is 24.1. The van der Waals surface area contributed by atoms with Gasteiger partial charge in [0.15, 0.2) is 5.65 Å². The van der Waals surface area contributed by atoms with Crippen LogP contribution in [0.1, 0.15) is 20.3 Å². The van der Waals surface area contributed by atoms with E-state index in [1.165, 1.54) is 12.1 Å². The number of halogens is 1. The summed E-state index contributed by atoms with van der Waals surface area (Å²) in [6, 6.07) is 14.1. The number of fused-ring (bicyclic) bond motifs is 1. The molecule has 0 radical (unpaired) electrons. The minimum Gasteiger partial charge on any atom is -0.481 e. The molecule has 4 aromatic rings. The topological polar surface area (TPSA) is 79.0 Å². The maximum atomic E-state index is 13.6. The van der Waals surface area contributed by atoms with Crippen LogP contribution in [0.4, 0.5) is 10.2 Å². The molecular formula is C27H31FN6O2. The van der Waals surface area contributed by atoms with Gasteiger partial charge in [-0.3, -0.25) is 4.90 Å². The Labute approximate surface area is 210 Å². The van der Waals surface area contributed by atoms with E-state index in [2.05, 4.69) is 14.8 Å². The molecule has 0 atom stereocenters. The number of rotatable bonds is 7. The van der Waals surface area contributed by atoms with Crippen molar-refractivity contribution >= 4 is 11.5 Å². The fraction of sp³-hybridized carbons (Fsp3) is 0.370. The minimum absolute atomic E-state index is 0.295. The van der Waals surface area contributed by atoms with E-state index in [-0.39, 0.29) is 5.82 Å². The zero-order valence-corrected chi connectivity index (χ0v) is 20.9. The number of nitrogens with zero attached hydrogens (tertiary/aromatic N) is 6. The first-order valence-corrected chi connectivity index (χ1v) is 12.2. The summed E-state index contributed by atoms with van der Waals surface area (Å²) in [4.78, 5) is 13.7. The average Bonchev–Trinajstić information content (AvgIpc) is 3.26. The number of piperazine rings is 1. The fourth-order valence-electron chi connectivity index (χ4n) is 4.46. The van der Waals surface area contributed by atoms with Gasteiger partial charge in [-0.05, 0) is 62.7 Å². The summed E-state index contributed by atoms with van der Waals surface area (Å²) >= 11 is 0.